The zero-order valence-corrected chi connectivity index (χ0v) is 11.4. The topological polar surface area (TPSA) is 68.0 Å². The molecule has 0 unspecified atom stereocenters. The number of pyridine rings is 1. The predicted octanol–water partition coefficient (Wildman–Crippen LogP) is 2.69. The molecule has 0 aliphatic rings. The summed E-state index contributed by atoms with van der Waals surface area (Å²) in [6.45, 7) is 0.265. The van der Waals surface area contributed by atoms with Gasteiger partial charge in [0, 0.05) is 22.8 Å². The van der Waals surface area contributed by atoms with E-state index in [1.54, 1.807) is 12.1 Å². The summed E-state index contributed by atoms with van der Waals surface area (Å²) in [7, 11) is 0. The number of anilines is 1. The highest BCUT2D eigenvalue weighted by molar-refractivity contribution is 9.10. The fourth-order valence-corrected chi connectivity index (χ4v) is 1.97. The van der Waals surface area contributed by atoms with Crippen molar-refractivity contribution in [2.45, 2.75) is 6.54 Å². The Morgan fingerprint density at radius 3 is 2.84 bits per heavy atom. The molecule has 4 nitrogen and oxygen atoms in total. The van der Waals surface area contributed by atoms with Crippen molar-refractivity contribution in [2.75, 3.05) is 5.32 Å². The van der Waals surface area contributed by atoms with Crippen LogP contribution in [0.25, 0.3) is 0 Å². The van der Waals surface area contributed by atoms with E-state index in [1.165, 1.54) is 24.4 Å². The monoisotopic (exact) mass is 323 g/mol. The van der Waals surface area contributed by atoms with Gasteiger partial charge in [-0.3, -0.25) is 9.78 Å². The van der Waals surface area contributed by atoms with Crippen LogP contribution in [0.2, 0.25) is 0 Å². The molecule has 3 N–H and O–H groups in total. The zero-order chi connectivity index (χ0) is 13.8. The Labute approximate surface area is 118 Å². The normalized spacial score (nSPS) is 10.3. The number of carbonyl (C=O) groups is 1. The SMILES string of the molecule is NCc1cc(C(=O)Nc2ccc(F)cc2Br)ccn1. The van der Waals surface area contributed by atoms with Crippen molar-refractivity contribution < 1.29 is 9.18 Å². The Morgan fingerprint density at radius 1 is 1.37 bits per heavy atom. The number of aromatic nitrogens is 1. The van der Waals surface area contributed by atoms with Crippen LogP contribution in [0.3, 0.4) is 0 Å². The highest BCUT2D eigenvalue weighted by Gasteiger charge is 2.09. The summed E-state index contributed by atoms with van der Waals surface area (Å²) in [5.74, 6) is -0.677. The number of hydrogen-bond acceptors (Lipinski definition) is 3. The average molecular weight is 324 g/mol. The molecule has 1 amide bonds. The lowest BCUT2D eigenvalue weighted by Crippen LogP contribution is -2.13. The van der Waals surface area contributed by atoms with E-state index in [0.717, 1.165) is 0 Å². The first-order chi connectivity index (χ1) is 9.10. The lowest BCUT2D eigenvalue weighted by atomic mass is 10.2. The molecule has 1 heterocycles. The number of hydrogen-bond donors (Lipinski definition) is 2. The van der Waals surface area contributed by atoms with E-state index in [4.69, 9.17) is 5.73 Å². The maximum atomic E-state index is 12.9. The number of nitrogens with one attached hydrogen (secondary N) is 1. The summed E-state index contributed by atoms with van der Waals surface area (Å²) in [5, 5.41) is 2.68. The molecule has 19 heavy (non-hydrogen) atoms. The molecule has 1 aromatic carbocycles. The van der Waals surface area contributed by atoms with Crippen molar-refractivity contribution in [2.24, 2.45) is 5.73 Å². The number of carbonyl (C=O) groups excluding carboxylic acids is 1. The summed E-state index contributed by atoms with van der Waals surface area (Å²) in [6.07, 6.45) is 1.52. The number of rotatable bonds is 3. The molecule has 0 saturated heterocycles. The van der Waals surface area contributed by atoms with Gasteiger partial charge < -0.3 is 11.1 Å². The minimum absolute atomic E-state index is 0.265. The zero-order valence-electron chi connectivity index (χ0n) is 9.86. The lowest BCUT2D eigenvalue weighted by molar-refractivity contribution is 0.102. The molecule has 2 aromatic rings. The van der Waals surface area contributed by atoms with Gasteiger partial charge in [0.2, 0.25) is 0 Å². The van der Waals surface area contributed by atoms with E-state index in [9.17, 15) is 9.18 Å². The van der Waals surface area contributed by atoms with Crippen molar-refractivity contribution in [3.63, 3.8) is 0 Å². The Bertz CT molecular complexity index is 619. The van der Waals surface area contributed by atoms with Gasteiger partial charge in [0.1, 0.15) is 5.82 Å². The molecule has 6 heteroatoms. The van der Waals surface area contributed by atoms with Gasteiger partial charge >= 0.3 is 0 Å². The standard InChI is InChI=1S/C13H11BrFN3O/c14-11-6-9(15)1-2-12(11)18-13(19)8-3-4-17-10(5-8)7-16/h1-6H,7,16H2,(H,18,19). The van der Waals surface area contributed by atoms with Gasteiger partial charge in [-0.25, -0.2) is 4.39 Å². The third kappa shape index (κ3) is 3.36. The van der Waals surface area contributed by atoms with Crippen molar-refractivity contribution in [3.05, 3.63) is 58.1 Å². The van der Waals surface area contributed by atoms with Gasteiger partial charge in [-0.05, 0) is 46.3 Å². The van der Waals surface area contributed by atoms with Gasteiger partial charge in [0.05, 0.1) is 11.4 Å². The molecule has 98 valence electrons. The van der Waals surface area contributed by atoms with Gasteiger partial charge in [-0.1, -0.05) is 0 Å². The van der Waals surface area contributed by atoms with E-state index in [2.05, 4.69) is 26.2 Å². The molecule has 0 spiro atoms. The highest BCUT2D eigenvalue weighted by Crippen LogP contribution is 2.23. The minimum Gasteiger partial charge on any atom is -0.325 e. The molecule has 1 aromatic heterocycles. The number of halogens is 2. The highest BCUT2D eigenvalue weighted by atomic mass is 79.9. The van der Waals surface area contributed by atoms with Crippen LogP contribution in [0, 0.1) is 5.82 Å². The summed E-state index contributed by atoms with van der Waals surface area (Å²) in [6, 6.07) is 7.26. The first-order valence-corrected chi connectivity index (χ1v) is 6.31. The molecule has 0 radical (unpaired) electrons. The first-order valence-electron chi connectivity index (χ1n) is 5.51. The summed E-state index contributed by atoms with van der Waals surface area (Å²) in [4.78, 5) is 16.0. The summed E-state index contributed by atoms with van der Waals surface area (Å²) >= 11 is 3.19. The maximum Gasteiger partial charge on any atom is 0.255 e. The fourth-order valence-electron chi connectivity index (χ4n) is 1.52. The van der Waals surface area contributed by atoms with Gasteiger partial charge in [-0.15, -0.1) is 0 Å². The van der Waals surface area contributed by atoms with Crippen molar-refractivity contribution in [1.29, 1.82) is 0 Å². The second-order valence-corrected chi connectivity index (χ2v) is 4.67. The third-order valence-corrected chi connectivity index (χ3v) is 3.12. The smallest absolute Gasteiger partial charge is 0.255 e. The Kier molecular flexibility index (Phi) is 4.24. The van der Waals surface area contributed by atoms with Crippen LogP contribution in [-0.2, 0) is 6.54 Å². The fraction of sp³-hybridized carbons (Fsp3) is 0.0769. The average Bonchev–Trinajstić information content (AvgIpc) is 2.42. The van der Waals surface area contributed by atoms with Crippen LogP contribution in [0.5, 0.6) is 0 Å². The largest absolute Gasteiger partial charge is 0.325 e. The van der Waals surface area contributed by atoms with Crippen LogP contribution in [0.4, 0.5) is 10.1 Å². The van der Waals surface area contributed by atoms with Gasteiger partial charge in [0.15, 0.2) is 0 Å². The van der Waals surface area contributed by atoms with E-state index in [0.29, 0.717) is 21.4 Å². The molecule has 0 aliphatic carbocycles. The molecular weight excluding hydrogens is 313 g/mol. The second-order valence-electron chi connectivity index (χ2n) is 3.82. The second kappa shape index (κ2) is 5.90. The van der Waals surface area contributed by atoms with Crippen LogP contribution in [-0.4, -0.2) is 10.9 Å². The summed E-state index contributed by atoms with van der Waals surface area (Å²) in [5.41, 5.74) is 7.05. The van der Waals surface area contributed by atoms with Crippen LogP contribution in [0.1, 0.15) is 16.1 Å². The Morgan fingerprint density at radius 2 is 2.16 bits per heavy atom. The third-order valence-electron chi connectivity index (χ3n) is 2.47. The van der Waals surface area contributed by atoms with Crippen LogP contribution >= 0.6 is 15.9 Å². The number of benzene rings is 1. The number of amides is 1. The Hall–Kier alpha value is -1.79. The van der Waals surface area contributed by atoms with E-state index >= 15 is 0 Å². The molecule has 0 aliphatic heterocycles. The Balaban J connectivity index is 2.20. The molecule has 0 atom stereocenters. The summed E-state index contributed by atoms with van der Waals surface area (Å²) < 4.78 is 13.4. The van der Waals surface area contributed by atoms with Gasteiger partial charge in [-0.2, -0.15) is 0 Å². The number of nitrogens with zero attached hydrogens (tertiary/aromatic N) is 1. The maximum absolute atomic E-state index is 12.9. The van der Waals surface area contributed by atoms with E-state index in [-0.39, 0.29) is 18.3 Å². The van der Waals surface area contributed by atoms with Crippen molar-refractivity contribution >= 4 is 27.5 Å². The molecule has 2 rings (SSSR count). The van der Waals surface area contributed by atoms with Crippen molar-refractivity contribution in [3.8, 4) is 0 Å². The predicted molar refractivity (Wildman–Crippen MR) is 74.2 cm³/mol. The van der Waals surface area contributed by atoms with Crippen LogP contribution < -0.4 is 11.1 Å². The number of nitrogens with two attached hydrogens (primary N) is 1. The lowest BCUT2D eigenvalue weighted by Gasteiger charge is -2.08. The molecular formula is C13H11BrFN3O. The molecule has 0 bridgehead atoms. The molecule has 0 fully saturated rings. The minimum atomic E-state index is -0.376. The molecule has 0 saturated carbocycles. The van der Waals surface area contributed by atoms with E-state index in [1.807, 2.05) is 0 Å². The first kappa shape index (κ1) is 13.6. The quantitative estimate of drug-likeness (QED) is 0.912. The van der Waals surface area contributed by atoms with E-state index < -0.39 is 0 Å². The van der Waals surface area contributed by atoms with Gasteiger partial charge in [0.25, 0.3) is 5.91 Å². The van der Waals surface area contributed by atoms with Crippen LogP contribution in [0.15, 0.2) is 41.0 Å². The van der Waals surface area contributed by atoms with Crippen molar-refractivity contribution in [1.82, 2.24) is 4.98 Å².